The third-order valence-electron chi connectivity index (χ3n) is 3.46. The summed E-state index contributed by atoms with van der Waals surface area (Å²) < 4.78 is 26.5. The van der Waals surface area contributed by atoms with Gasteiger partial charge in [-0.1, -0.05) is 0 Å². The van der Waals surface area contributed by atoms with Crippen LogP contribution in [-0.4, -0.2) is 42.1 Å². The van der Waals surface area contributed by atoms with Crippen LogP contribution in [-0.2, 0) is 16.6 Å². The Kier molecular flexibility index (Phi) is 3.98. The number of nitrogens with one attached hydrogen (secondary N) is 2. The van der Waals surface area contributed by atoms with Crippen molar-refractivity contribution in [2.24, 2.45) is 0 Å². The van der Waals surface area contributed by atoms with Gasteiger partial charge in [0.05, 0.1) is 11.4 Å². The molecule has 1 aromatic heterocycles. The standard InChI is InChI=1S/C12H22N4O2S/c1-8(2)16(4)19(17,18)12-9(3)14-15-11(12)7-13-10-5-6-10/h8,10,13H,5-7H2,1-4H3,(H,14,15). The van der Waals surface area contributed by atoms with E-state index in [9.17, 15) is 8.42 Å². The third-order valence-corrected chi connectivity index (χ3v) is 5.70. The monoisotopic (exact) mass is 286 g/mol. The van der Waals surface area contributed by atoms with E-state index in [2.05, 4.69) is 15.5 Å². The van der Waals surface area contributed by atoms with Gasteiger partial charge in [0.2, 0.25) is 10.0 Å². The van der Waals surface area contributed by atoms with Crippen molar-refractivity contribution in [1.82, 2.24) is 19.8 Å². The maximum absolute atomic E-state index is 12.6. The number of hydrogen-bond acceptors (Lipinski definition) is 4. The van der Waals surface area contributed by atoms with Crippen molar-refractivity contribution in [3.05, 3.63) is 11.4 Å². The molecule has 1 heterocycles. The lowest BCUT2D eigenvalue weighted by Gasteiger charge is -2.21. The molecule has 1 saturated carbocycles. The van der Waals surface area contributed by atoms with E-state index in [0.29, 0.717) is 28.9 Å². The molecular formula is C12H22N4O2S. The first kappa shape index (κ1) is 14.5. The molecule has 0 amide bonds. The molecule has 2 rings (SSSR count). The predicted octanol–water partition coefficient (Wildman–Crippen LogP) is 0.999. The highest BCUT2D eigenvalue weighted by molar-refractivity contribution is 7.89. The summed E-state index contributed by atoms with van der Waals surface area (Å²) in [5.41, 5.74) is 1.18. The average Bonchev–Trinajstić information content (AvgIpc) is 3.08. The van der Waals surface area contributed by atoms with Gasteiger partial charge in [0.25, 0.3) is 0 Å². The Bertz CT molecular complexity index is 546. The fourth-order valence-corrected chi connectivity index (χ4v) is 3.57. The molecule has 6 nitrogen and oxygen atoms in total. The van der Waals surface area contributed by atoms with E-state index in [-0.39, 0.29) is 6.04 Å². The Morgan fingerprint density at radius 1 is 1.47 bits per heavy atom. The summed E-state index contributed by atoms with van der Waals surface area (Å²) >= 11 is 0. The van der Waals surface area contributed by atoms with E-state index < -0.39 is 10.0 Å². The molecule has 108 valence electrons. The third kappa shape index (κ3) is 2.98. The molecule has 1 aliphatic carbocycles. The van der Waals surface area contributed by atoms with Crippen LogP contribution in [0, 0.1) is 6.92 Å². The number of aromatic nitrogens is 2. The molecule has 0 aliphatic heterocycles. The minimum absolute atomic E-state index is 0.0801. The number of rotatable bonds is 6. The highest BCUT2D eigenvalue weighted by Gasteiger charge is 2.30. The van der Waals surface area contributed by atoms with Gasteiger partial charge in [-0.3, -0.25) is 5.10 Å². The Balaban J connectivity index is 2.28. The molecule has 2 N–H and O–H groups in total. The van der Waals surface area contributed by atoms with Crippen LogP contribution in [0.3, 0.4) is 0 Å². The van der Waals surface area contributed by atoms with Crippen LogP contribution in [0.15, 0.2) is 4.90 Å². The van der Waals surface area contributed by atoms with Crippen LogP contribution in [0.1, 0.15) is 38.1 Å². The van der Waals surface area contributed by atoms with E-state index >= 15 is 0 Å². The zero-order chi connectivity index (χ0) is 14.2. The summed E-state index contributed by atoms with van der Waals surface area (Å²) in [5.74, 6) is 0. The van der Waals surface area contributed by atoms with Crippen LogP contribution < -0.4 is 5.32 Å². The second-order valence-electron chi connectivity index (χ2n) is 5.39. The molecule has 1 aromatic rings. The first-order valence-electron chi connectivity index (χ1n) is 6.59. The van der Waals surface area contributed by atoms with Crippen molar-refractivity contribution in [1.29, 1.82) is 0 Å². The Labute approximate surface area is 114 Å². The second-order valence-corrected chi connectivity index (χ2v) is 7.33. The van der Waals surface area contributed by atoms with Crippen molar-refractivity contribution < 1.29 is 8.42 Å². The van der Waals surface area contributed by atoms with E-state index in [4.69, 9.17) is 0 Å². The summed E-state index contributed by atoms with van der Waals surface area (Å²) in [6, 6.07) is 0.443. The first-order chi connectivity index (χ1) is 8.84. The maximum Gasteiger partial charge on any atom is 0.246 e. The average molecular weight is 286 g/mol. The van der Waals surface area contributed by atoms with Crippen molar-refractivity contribution in [2.75, 3.05) is 7.05 Å². The molecule has 7 heteroatoms. The smallest absolute Gasteiger partial charge is 0.246 e. The number of nitrogens with zero attached hydrogens (tertiary/aromatic N) is 2. The molecule has 19 heavy (non-hydrogen) atoms. The van der Waals surface area contributed by atoms with Gasteiger partial charge in [-0.05, 0) is 33.6 Å². The first-order valence-corrected chi connectivity index (χ1v) is 8.03. The lowest BCUT2D eigenvalue weighted by molar-refractivity contribution is 0.409. The van der Waals surface area contributed by atoms with Crippen LogP contribution >= 0.6 is 0 Å². The van der Waals surface area contributed by atoms with Crippen LogP contribution in [0.4, 0.5) is 0 Å². The molecule has 0 radical (unpaired) electrons. The SMILES string of the molecule is Cc1[nH]nc(CNC2CC2)c1S(=O)(=O)N(C)C(C)C. The van der Waals surface area contributed by atoms with Crippen molar-refractivity contribution >= 4 is 10.0 Å². The molecule has 0 bridgehead atoms. The Morgan fingerprint density at radius 3 is 2.63 bits per heavy atom. The van der Waals surface area contributed by atoms with Crippen molar-refractivity contribution in [3.63, 3.8) is 0 Å². The highest BCUT2D eigenvalue weighted by Crippen LogP contribution is 2.24. The topological polar surface area (TPSA) is 78.1 Å². The summed E-state index contributed by atoms with van der Waals surface area (Å²) in [7, 11) is -1.88. The predicted molar refractivity (Wildman–Crippen MR) is 73.3 cm³/mol. The molecule has 0 unspecified atom stereocenters. The van der Waals surface area contributed by atoms with Gasteiger partial charge in [0.1, 0.15) is 4.90 Å². The zero-order valence-corrected chi connectivity index (χ0v) is 12.7. The van der Waals surface area contributed by atoms with Gasteiger partial charge < -0.3 is 5.32 Å². The van der Waals surface area contributed by atoms with Crippen LogP contribution in [0.25, 0.3) is 0 Å². The fraction of sp³-hybridized carbons (Fsp3) is 0.750. The number of aromatic amines is 1. The Morgan fingerprint density at radius 2 is 2.11 bits per heavy atom. The van der Waals surface area contributed by atoms with Crippen molar-refractivity contribution in [2.45, 2.75) is 57.1 Å². The van der Waals surface area contributed by atoms with Gasteiger partial charge in [-0.2, -0.15) is 9.40 Å². The van der Waals surface area contributed by atoms with Gasteiger partial charge in [-0.25, -0.2) is 8.42 Å². The number of sulfonamides is 1. The number of aryl methyl sites for hydroxylation is 1. The molecule has 0 saturated heterocycles. The summed E-state index contributed by atoms with van der Waals surface area (Å²) in [4.78, 5) is 0.317. The molecule has 0 aromatic carbocycles. The van der Waals surface area contributed by atoms with Crippen molar-refractivity contribution in [3.8, 4) is 0 Å². The number of hydrogen-bond donors (Lipinski definition) is 2. The quantitative estimate of drug-likeness (QED) is 0.818. The number of H-pyrrole nitrogens is 1. The molecule has 1 fully saturated rings. The zero-order valence-electron chi connectivity index (χ0n) is 11.9. The normalized spacial score (nSPS) is 16.5. The fourth-order valence-electron chi connectivity index (χ4n) is 1.88. The lowest BCUT2D eigenvalue weighted by atomic mass is 10.3. The molecule has 1 aliphatic rings. The van der Waals surface area contributed by atoms with Gasteiger partial charge in [0.15, 0.2) is 0 Å². The molecule has 0 atom stereocenters. The molecular weight excluding hydrogens is 264 g/mol. The van der Waals surface area contributed by atoms with Gasteiger partial charge in [-0.15, -0.1) is 0 Å². The molecule has 0 spiro atoms. The highest BCUT2D eigenvalue weighted by atomic mass is 32.2. The summed E-state index contributed by atoms with van der Waals surface area (Å²) in [6.07, 6.45) is 2.33. The Hall–Kier alpha value is -0.920. The largest absolute Gasteiger partial charge is 0.308 e. The van der Waals surface area contributed by atoms with E-state index in [1.165, 1.54) is 4.31 Å². The second kappa shape index (κ2) is 5.22. The van der Waals surface area contributed by atoms with Crippen LogP contribution in [0.5, 0.6) is 0 Å². The summed E-state index contributed by atoms with van der Waals surface area (Å²) in [6.45, 7) is 5.95. The van der Waals surface area contributed by atoms with E-state index in [0.717, 1.165) is 12.8 Å². The maximum atomic E-state index is 12.6. The van der Waals surface area contributed by atoms with Gasteiger partial charge in [0, 0.05) is 25.7 Å². The minimum atomic E-state index is -3.48. The van der Waals surface area contributed by atoms with E-state index in [1.54, 1.807) is 14.0 Å². The lowest BCUT2D eigenvalue weighted by Crippen LogP contribution is -2.34. The minimum Gasteiger partial charge on any atom is -0.308 e. The van der Waals surface area contributed by atoms with Gasteiger partial charge >= 0.3 is 0 Å². The van der Waals surface area contributed by atoms with Crippen LogP contribution in [0.2, 0.25) is 0 Å². The van der Waals surface area contributed by atoms with E-state index in [1.807, 2.05) is 13.8 Å². The summed E-state index contributed by atoms with van der Waals surface area (Å²) in [5, 5.41) is 10.2.